The number of hydrogen-bond donors (Lipinski definition) is 1. The fourth-order valence-electron chi connectivity index (χ4n) is 4.22. The van der Waals surface area contributed by atoms with Gasteiger partial charge in [-0.2, -0.15) is 13.2 Å². The number of aromatic nitrogens is 3. The van der Waals surface area contributed by atoms with Gasteiger partial charge in [0.1, 0.15) is 28.8 Å². The van der Waals surface area contributed by atoms with Crippen LogP contribution in [0.3, 0.4) is 0 Å². The zero-order chi connectivity index (χ0) is 29.0. The molecular weight excluding hydrogens is 525 g/mol. The summed E-state index contributed by atoms with van der Waals surface area (Å²) >= 11 is 0. The van der Waals surface area contributed by atoms with E-state index in [2.05, 4.69) is 15.3 Å². The topological polar surface area (TPSA) is 87.5 Å². The van der Waals surface area contributed by atoms with Crippen LogP contribution in [0.15, 0.2) is 60.9 Å². The second-order valence-corrected chi connectivity index (χ2v) is 9.10. The molecule has 0 saturated heterocycles. The molecule has 0 aliphatic rings. The van der Waals surface area contributed by atoms with E-state index in [-0.39, 0.29) is 22.7 Å². The van der Waals surface area contributed by atoms with E-state index in [1.165, 1.54) is 27.4 Å². The number of alkyl halides is 3. The number of carbonyl (C=O) groups is 1. The molecule has 0 spiro atoms. The van der Waals surface area contributed by atoms with Gasteiger partial charge in [-0.3, -0.25) is 4.79 Å². The summed E-state index contributed by atoms with van der Waals surface area (Å²) in [4.78, 5) is 22.1. The molecule has 1 atom stereocenters. The summed E-state index contributed by atoms with van der Waals surface area (Å²) in [6, 6.07) is 11.2. The molecule has 0 fully saturated rings. The molecule has 1 amide bonds. The molecule has 0 radical (unpaired) electrons. The molecule has 4 aromatic rings. The maximum atomic E-state index is 13.6. The maximum Gasteiger partial charge on any atom is 0.416 e. The van der Waals surface area contributed by atoms with Gasteiger partial charge >= 0.3 is 6.18 Å². The number of rotatable bonds is 9. The molecule has 8 nitrogen and oxygen atoms in total. The van der Waals surface area contributed by atoms with Crippen LogP contribution in [0.25, 0.3) is 11.3 Å². The van der Waals surface area contributed by atoms with Crippen molar-refractivity contribution in [3.63, 3.8) is 0 Å². The molecule has 2 aromatic heterocycles. The number of halogens is 3. The number of nitrogens with zero attached hydrogens (tertiary/aromatic N) is 3. The molecule has 2 heterocycles. The van der Waals surface area contributed by atoms with Crippen LogP contribution in [0.1, 0.15) is 46.0 Å². The Balaban J connectivity index is 1.76. The molecule has 1 unspecified atom stereocenters. The monoisotopic (exact) mass is 554 g/mol. The molecule has 0 saturated carbocycles. The normalized spacial score (nSPS) is 12.1. The third kappa shape index (κ3) is 6.36. The first kappa shape index (κ1) is 28.5. The highest BCUT2D eigenvalue weighted by Crippen LogP contribution is 2.37. The van der Waals surface area contributed by atoms with Crippen molar-refractivity contribution in [1.82, 2.24) is 19.9 Å². The molecule has 11 heteroatoms. The fraction of sp³-hybridized carbons (Fsp3) is 0.276. The zero-order valence-electron chi connectivity index (χ0n) is 22.7. The summed E-state index contributed by atoms with van der Waals surface area (Å²) < 4.78 is 58.5. The van der Waals surface area contributed by atoms with Gasteiger partial charge in [0, 0.05) is 30.6 Å². The van der Waals surface area contributed by atoms with Gasteiger partial charge in [0.15, 0.2) is 0 Å². The van der Waals surface area contributed by atoms with Gasteiger partial charge in [0.05, 0.1) is 38.6 Å². The molecule has 4 rings (SSSR count). The highest BCUT2D eigenvalue weighted by Gasteiger charge is 2.31. The number of aryl methyl sites for hydroxylation is 1. The quantitative estimate of drug-likeness (QED) is 0.280. The highest BCUT2D eigenvalue weighted by molar-refractivity contribution is 5.93. The first-order valence-electron chi connectivity index (χ1n) is 12.3. The number of hydrogen-bond acceptors (Lipinski definition) is 6. The van der Waals surface area contributed by atoms with Gasteiger partial charge < -0.3 is 24.1 Å². The molecule has 0 aliphatic carbocycles. The van der Waals surface area contributed by atoms with E-state index in [0.717, 1.165) is 23.5 Å². The summed E-state index contributed by atoms with van der Waals surface area (Å²) in [6.07, 6.45) is -1.15. The first-order chi connectivity index (χ1) is 19.0. The van der Waals surface area contributed by atoms with Gasteiger partial charge in [0.25, 0.3) is 5.91 Å². The van der Waals surface area contributed by atoms with Gasteiger partial charge in [-0.1, -0.05) is 0 Å². The highest BCUT2D eigenvalue weighted by atomic mass is 19.4. The van der Waals surface area contributed by atoms with Crippen LogP contribution in [-0.2, 0) is 12.7 Å². The summed E-state index contributed by atoms with van der Waals surface area (Å²) in [6.45, 7) is 3.95. The van der Waals surface area contributed by atoms with E-state index < -0.39 is 23.7 Å². The largest absolute Gasteiger partial charge is 0.497 e. The third-order valence-electron chi connectivity index (χ3n) is 6.42. The van der Waals surface area contributed by atoms with Crippen molar-refractivity contribution >= 4 is 5.91 Å². The number of nitrogens with one attached hydrogen (secondary N) is 1. The third-order valence-corrected chi connectivity index (χ3v) is 6.42. The number of imidazole rings is 1. The van der Waals surface area contributed by atoms with E-state index in [1.807, 2.05) is 11.5 Å². The lowest BCUT2D eigenvalue weighted by atomic mass is 10.0. The Bertz CT molecular complexity index is 1500. The lowest BCUT2D eigenvalue weighted by Gasteiger charge is -2.18. The van der Waals surface area contributed by atoms with Crippen molar-refractivity contribution in [3.05, 3.63) is 89.1 Å². The van der Waals surface area contributed by atoms with Gasteiger partial charge in [-0.15, -0.1) is 0 Å². The Morgan fingerprint density at radius 1 is 1.00 bits per heavy atom. The molecule has 210 valence electrons. The lowest BCUT2D eigenvalue weighted by molar-refractivity contribution is -0.137. The molecular formula is C29H29F3N4O4. The van der Waals surface area contributed by atoms with Gasteiger partial charge in [-0.05, 0) is 67.4 Å². The molecule has 0 bridgehead atoms. The molecule has 40 heavy (non-hydrogen) atoms. The van der Waals surface area contributed by atoms with E-state index in [9.17, 15) is 18.0 Å². The van der Waals surface area contributed by atoms with Crippen molar-refractivity contribution in [1.29, 1.82) is 0 Å². The maximum absolute atomic E-state index is 13.6. The Morgan fingerprint density at radius 3 is 2.27 bits per heavy atom. The summed E-state index contributed by atoms with van der Waals surface area (Å²) in [5.41, 5.74) is 0.833. The Kier molecular flexibility index (Phi) is 8.32. The van der Waals surface area contributed by atoms with Crippen molar-refractivity contribution in [3.8, 4) is 28.5 Å². The summed E-state index contributed by atoms with van der Waals surface area (Å²) in [7, 11) is 4.42. The van der Waals surface area contributed by atoms with Crippen LogP contribution in [-0.4, -0.2) is 41.8 Å². The first-order valence-corrected chi connectivity index (χ1v) is 12.3. The molecule has 1 N–H and O–H groups in total. The van der Waals surface area contributed by atoms with Gasteiger partial charge in [0.2, 0.25) is 0 Å². The van der Waals surface area contributed by atoms with Crippen molar-refractivity contribution < 1.29 is 32.2 Å². The second kappa shape index (κ2) is 11.7. The van der Waals surface area contributed by atoms with E-state index in [0.29, 0.717) is 23.6 Å². The number of carbonyl (C=O) groups excluding carboxylic acids is 1. The van der Waals surface area contributed by atoms with Crippen LogP contribution in [0.5, 0.6) is 17.2 Å². The smallest absolute Gasteiger partial charge is 0.416 e. The van der Waals surface area contributed by atoms with Crippen LogP contribution in [0, 0.1) is 6.92 Å². The number of ether oxygens (including phenoxy) is 3. The molecule has 0 aliphatic heterocycles. The number of amides is 1. The predicted molar refractivity (Wildman–Crippen MR) is 143 cm³/mol. The Labute approximate surface area is 229 Å². The lowest BCUT2D eigenvalue weighted by Crippen LogP contribution is -2.28. The Morgan fingerprint density at radius 2 is 1.70 bits per heavy atom. The summed E-state index contributed by atoms with van der Waals surface area (Å²) in [5.74, 6) is 1.54. The van der Waals surface area contributed by atoms with Crippen molar-refractivity contribution in [2.75, 3.05) is 21.3 Å². The van der Waals surface area contributed by atoms with Crippen LogP contribution >= 0.6 is 0 Å². The van der Waals surface area contributed by atoms with Gasteiger partial charge in [-0.25, -0.2) is 9.97 Å². The second-order valence-electron chi connectivity index (χ2n) is 9.10. The average molecular weight is 555 g/mol. The van der Waals surface area contributed by atoms with Crippen LogP contribution in [0.2, 0.25) is 0 Å². The predicted octanol–water partition coefficient (Wildman–Crippen LogP) is 5.84. The van der Waals surface area contributed by atoms with Crippen molar-refractivity contribution in [2.24, 2.45) is 0 Å². The fourth-order valence-corrected chi connectivity index (χ4v) is 4.22. The minimum Gasteiger partial charge on any atom is -0.497 e. The number of pyridine rings is 1. The summed E-state index contributed by atoms with van der Waals surface area (Å²) in [5, 5.41) is 2.91. The minimum atomic E-state index is -4.57. The van der Waals surface area contributed by atoms with E-state index in [4.69, 9.17) is 14.2 Å². The van der Waals surface area contributed by atoms with Crippen molar-refractivity contribution in [2.45, 2.75) is 32.6 Å². The number of methoxy groups -OCH3 is 3. The zero-order valence-corrected chi connectivity index (χ0v) is 22.7. The van der Waals surface area contributed by atoms with Crippen LogP contribution < -0.4 is 19.5 Å². The average Bonchev–Trinajstić information content (AvgIpc) is 3.35. The molecule has 2 aromatic carbocycles. The van der Waals surface area contributed by atoms with Crippen LogP contribution in [0.4, 0.5) is 13.2 Å². The number of benzene rings is 2. The van der Waals surface area contributed by atoms with E-state index in [1.54, 1.807) is 49.6 Å². The SMILES string of the molecule is COc1cc(OC)cc(C(C)NC(=O)c2cc(Cn3ccnc3C)cc(-c3cc(C(F)(F)F)ccc3OC)n2)c1. The standard InChI is InChI=1S/C29H29F3N4O4/c1-17(20-12-22(38-3)15-23(13-20)39-4)34-28(37)26-11-19(16-36-9-8-33-18(36)2)10-25(35-26)24-14-21(29(30,31)32)6-7-27(24)40-5/h6-15,17H,16H2,1-5H3,(H,34,37). The Hall–Kier alpha value is -4.54. The van der Waals surface area contributed by atoms with E-state index >= 15 is 0 Å². The minimum absolute atomic E-state index is 0.0337.